The highest BCUT2D eigenvalue weighted by Gasteiger charge is 2.38. The molecule has 0 saturated carbocycles. The highest BCUT2D eigenvalue weighted by Crippen LogP contribution is 2.14. The quantitative estimate of drug-likeness (QED) is 0.578. The molecular formula is C8H22O3Si2. The van der Waals surface area contributed by atoms with E-state index in [4.69, 9.17) is 13.3 Å². The maximum atomic E-state index is 5.68. The Kier molecular flexibility index (Phi) is 7.88. The molecular weight excluding hydrogens is 200 g/mol. The van der Waals surface area contributed by atoms with Gasteiger partial charge in [0.25, 0.3) is 0 Å². The summed E-state index contributed by atoms with van der Waals surface area (Å²) in [7, 11) is -2.30. The summed E-state index contributed by atoms with van der Waals surface area (Å²) in [5.74, 6) is 0. The molecule has 5 heteroatoms. The predicted molar refractivity (Wildman–Crippen MR) is 59.8 cm³/mol. The second-order valence-corrected chi connectivity index (χ2v) is 7.96. The van der Waals surface area contributed by atoms with Crippen LogP contribution in [0.5, 0.6) is 0 Å². The van der Waals surface area contributed by atoms with Crippen LogP contribution in [0.4, 0.5) is 0 Å². The average molecular weight is 222 g/mol. The fourth-order valence-electron chi connectivity index (χ4n) is 1.31. The maximum absolute atomic E-state index is 5.68. The Hall–Kier alpha value is 0.314. The van der Waals surface area contributed by atoms with Gasteiger partial charge in [-0.25, -0.2) is 0 Å². The van der Waals surface area contributed by atoms with Crippen molar-refractivity contribution >= 4 is 18.3 Å². The van der Waals surface area contributed by atoms with Crippen molar-refractivity contribution in [3.63, 3.8) is 0 Å². The van der Waals surface area contributed by atoms with Crippen molar-refractivity contribution in [2.45, 2.75) is 33.0 Å². The van der Waals surface area contributed by atoms with Crippen molar-refractivity contribution in [1.29, 1.82) is 0 Å². The van der Waals surface area contributed by atoms with Gasteiger partial charge in [0.1, 0.15) is 0 Å². The maximum Gasteiger partial charge on any atom is 0.497 e. The highest BCUT2D eigenvalue weighted by atomic mass is 28.4. The largest absolute Gasteiger partial charge is 0.497 e. The molecule has 3 nitrogen and oxygen atoms in total. The lowest BCUT2D eigenvalue weighted by Gasteiger charge is -2.27. The Morgan fingerprint density at radius 3 is 1.54 bits per heavy atom. The van der Waals surface area contributed by atoms with Crippen LogP contribution < -0.4 is 0 Å². The summed E-state index contributed by atoms with van der Waals surface area (Å²) in [4.78, 5) is 0. The summed E-state index contributed by atoms with van der Waals surface area (Å²) in [6.07, 6.45) is 0. The molecule has 0 heterocycles. The molecule has 0 N–H and O–H groups in total. The minimum absolute atomic E-state index is 0.0644. The third-order valence-electron chi connectivity index (χ3n) is 1.65. The van der Waals surface area contributed by atoms with Crippen molar-refractivity contribution < 1.29 is 13.3 Å². The summed E-state index contributed by atoms with van der Waals surface area (Å²) >= 11 is 0. The number of hydrogen-bond acceptors (Lipinski definition) is 3. The first kappa shape index (κ1) is 13.3. The van der Waals surface area contributed by atoms with E-state index in [2.05, 4.69) is 6.55 Å². The van der Waals surface area contributed by atoms with Gasteiger partial charge in [0.15, 0.2) is 0 Å². The average Bonchev–Trinajstić information content (AvgIpc) is 2.06. The molecule has 0 aromatic rings. The molecule has 0 rings (SSSR count). The van der Waals surface area contributed by atoms with Crippen molar-refractivity contribution in [2.75, 3.05) is 19.8 Å². The van der Waals surface area contributed by atoms with Crippen LogP contribution in [0.15, 0.2) is 0 Å². The molecule has 0 unspecified atom stereocenters. The second kappa shape index (κ2) is 7.69. The molecule has 0 aliphatic carbocycles. The molecule has 0 aromatic carbocycles. The van der Waals surface area contributed by atoms with E-state index in [1.54, 1.807) is 0 Å². The van der Waals surface area contributed by atoms with E-state index in [0.717, 1.165) is 5.67 Å². The molecule has 0 spiro atoms. The zero-order valence-corrected chi connectivity index (χ0v) is 11.7. The van der Waals surface area contributed by atoms with Crippen LogP contribution in [-0.2, 0) is 13.3 Å². The molecule has 0 radical (unpaired) electrons. The van der Waals surface area contributed by atoms with Crippen molar-refractivity contribution in [2.24, 2.45) is 0 Å². The monoisotopic (exact) mass is 222 g/mol. The van der Waals surface area contributed by atoms with Gasteiger partial charge in [-0.1, -0.05) is 6.55 Å². The van der Waals surface area contributed by atoms with E-state index in [9.17, 15) is 0 Å². The Morgan fingerprint density at radius 2 is 1.31 bits per heavy atom. The lowest BCUT2D eigenvalue weighted by atomic mass is 10.9. The van der Waals surface area contributed by atoms with Crippen LogP contribution in [0.3, 0.4) is 0 Å². The van der Waals surface area contributed by atoms with Gasteiger partial charge in [-0.3, -0.25) is 0 Å². The van der Waals surface area contributed by atoms with Gasteiger partial charge in [0.2, 0.25) is 0 Å². The first-order valence-corrected chi connectivity index (χ1v) is 9.51. The zero-order valence-electron chi connectivity index (χ0n) is 9.26. The van der Waals surface area contributed by atoms with E-state index in [0.29, 0.717) is 19.8 Å². The summed E-state index contributed by atoms with van der Waals surface area (Å²) < 4.78 is 17.0. The van der Waals surface area contributed by atoms with Gasteiger partial charge in [0, 0.05) is 35.0 Å². The Balaban J connectivity index is 4.19. The normalized spacial score (nSPS) is 12.9. The summed E-state index contributed by atoms with van der Waals surface area (Å²) in [5.41, 5.74) is 1.06. The van der Waals surface area contributed by atoms with Crippen molar-refractivity contribution in [3.8, 4) is 0 Å². The molecule has 0 bridgehead atoms. The smallest absolute Gasteiger partial charge is 0.374 e. The summed E-state index contributed by atoms with van der Waals surface area (Å²) in [6, 6.07) is 0. The molecule has 0 amide bonds. The minimum atomic E-state index is -2.23. The van der Waals surface area contributed by atoms with Gasteiger partial charge in [0.05, 0.1) is 0 Å². The van der Waals surface area contributed by atoms with Crippen LogP contribution in [0.1, 0.15) is 20.8 Å². The van der Waals surface area contributed by atoms with Crippen LogP contribution in [0.2, 0.25) is 12.2 Å². The molecule has 0 fully saturated rings. The van der Waals surface area contributed by atoms with Crippen LogP contribution >= 0.6 is 0 Å². The number of rotatable bonds is 8. The van der Waals surface area contributed by atoms with Gasteiger partial charge >= 0.3 is 8.80 Å². The van der Waals surface area contributed by atoms with Crippen LogP contribution in [-0.4, -0.2) is 38.1 Å². The highest BCUT2D eigenvalue weighted by molar-refractivity contribution is 6.71. The second-order valence-electron chi connectivity index (χ2n) is 2.73. The molecule has 0 atom stereocenters. The Labute approximate surface area is 85.0 Å². The summed E-state index contributed by atoms with van der Waals surface area (Å²) in [5, 5.41) is 0. The topological polar surface area (TPSA) is 27.7 Å². The van der Waals surface area contributed by atoms with Crippen molar-refractivity contribution in [1.82, 2.24) is 0 Å². The first-order chi connectivity index (χ1) is 6.24. The number of hydrogen-bond donors (Lipinski definition) is 0. The van der Waals surface area contributed by atoms with Gasteiger partial charge in [-0.05, 0) is 20.8 Å². The van der Waals surface area contributed by atoms with E-state index >= 15 is 0 Å². The van der Waals surface area contributed by atoms with Gasteiger partial charge in [-0.2, -0.15) is 0 Å². The van der Waals surface area contributed by atoms with E-state index in [1.165, 1.54) is 0 Å². The molecule has 0 aliphatic heterocycles. The SMILES string of the molecule is CCO[Si](C[SiH2]C)(OCC)OCC. The fraction of sp³-hybridized carbons (Fsp3) is 1.00. The molecule has 0 saturated heterocycles. The minimum Gasteiger partial charge on any atom is -0.374 e. The lowest BCUT2D eigenvalue weighted by Crippen LogP contribution is -2.46. The zero-order chi connectivity index (χ0) is 10.2. The molecule has 80 valence electrons. The van der Waals surface area contributed by atoms with Gasteiger partial charge in [-0.15, -0.1) is 0 Å². The lowest BCUT2D eigenvalue weighted by molar-refractivity contribution is 0.0759. The summed E-state index contributed by atoms with van der Waals surface area (Å²) in [6.45, 7) is 10.3. The fourth-order valence-corrected chi connectivity index (χ4v) is 7.06. The van der Waals surface area contributed by atoms with Crippen molar-refractivity contribution in [3.05, 3.63) is 0 Å². The Bertz CT molecular complexity index is 92.4. The van der Waals surface area contributed by atoms with Crippen LogP contribution in [0.25, 0.3) is 0 Å². The van der Waals surface area contributed by atoms with E-state index in [1.807, 2.05) is 20.8 Å². The first-order valence-electron chi connectivity index (χ1n) is 5.16. The standard InChI is InChI=1S/C8H22O3Si2/c1-5-9-13(8-12-4,10-6-2)11-7-3/h5-8,12H2,1-4H3. The molecule has 0 aromatic heterocycles. The van der Waals surface area contributed by atoms with E-state index < -0.39 is 8.80 Å². The third kappa shape index (κ3) is 4.92. The molecule has 0 aliphatic rings. The predicted octanol–water partition coefficient (Wildman–Crippen LogP) is 1.21. The van der Waals surface area contributed by atoms with Crippen LogP contribution in [0, 0.1) is 0 Å². The Morgan fingerprint density at radius 1 is 0.923 bits per heavy atom. The van der Waals surface area contributed by atoms with E-state index in [-0.39, 0.29) is 9.52 Å². The third-order valence-corrected chi connectivity index (χ3v) is 8.28. The van der Waals surface area contributed by atoms with Gasteiger partial charge < -0.3 is 13.3 Å². The molecule has 13 heavy (non-hydrogen) atoms.